The Kier molecular flexibility index (Phi) is 4.81. The minimum atomic E-state index is 1.00. The van der Waals surface area contributed by atoms with Gasteiger partial charge in [-0.2, -0.15) is 0 Å². The van der Waals surface area contributed by atoms with Crippen molar-refractivity contribution < 1.29 is 0 Å². The van der Waals surface area contributed by atoms with E-state index in [-0.39, 0.29) is 0 Å². The molecule has 0 bridgehead atoms. The van der Waals surface area contributed by atoms with Gasteiger partial charge in [-0.05, 0) is 66.8 Å². The lowest BCUT2D eigenvalue weighted by Gasteiger charge is -2.18. The van der Waals surface area contributed by atoms with Crippen LogP contribution in [-0.4, -0.2) is 9.55 Å². The van der Waals surface area contributed by atoms with E-state index < -0.39 is 0 Å². The smallest absolute Gasteiger partial charge is 0.141 e. The summed E-state index contributed by atoms with van der Waals surface area (Å²) in [7, 11) is 0. The molecule has 2 heterocycles. The molecule has 0 fully saturated rings. The molecule has 0 amide bonds. The third-order valence-corrected chi connectivity index (χ3v) is 7.07. The third-order valence-electron chi connectivity index (χ3n) is 7.07. The predicted octanol–water partition coefficient (Wildman–Crippen LogP) is 8.44. The molecular formula is C32H26N2. The zero-order valence-electron chi connectivity index (χ0n) is 19.7. The van der Waals surface area contributed by atoms with Crippen molar-refractivity contribution in [3.63, 3.8) is 0 Å². The van der Waals surface area contributed by atoms with E-state index in [0.29, 0.717) is 0 Å². The summed E-state index contributed by atoms with van der Waals surface area (Å²) in [6, 6.07) is 36.5. The van der Waals surface area contributed by atoms with Crippen LogP contribution in [0.25, 0.3) is 50.0 Å². The van der Waals surface area contributed by atoms with Crippen molar-refractivity contribution in [3.05, 3.63) is 120 Å². The van der Waals surface area contributed by atoms with Crippen LogP contribution >= 0.6 is 0 Å². The number of hydrogen-bond donors (Lipinski definition) is 0. The summed E-state index contributed by atoms with van der Waals surface area (Å²) < 4.78 is 2.33. The van der Waals surface area contributed by atoms with Crippen molar-refractivity contribution >= 4 is 21.8 Å². The van der Waals surface area contributed by atoms with Crippen molar-refractivity contribution in [3.8, 4) is 28.2 Å². The lowest BCUT2D eigenvalue weighted by atomic mass is 9.96. The maximum absolute atomic E-state index is 5.34. The molecule has 6 rings (SSSR count). The number of pyridine rings is 1. The summed E-state index contributed by atoms with van der Waals surface area (Å²) in [5.74, 6) is 1.00. The van der Waals surface area contributed by atoms with E-state index in [2.05, 4.69) is 128 Å². The lowest BCUT2D eigenvalue weighted by molar-refractivity contribution is 1.03. The van der Waals surface area contributed by atoms with Crippen molar-refractivity contribution in [1.29, 1.82) is 0 Å². The van der Waals surface area contributed by atoms with Gasteiger partial charge in [-0.3, -0.25) is 4.57 Å². The monoisotopic (exact) mass is 438 g/mol. The van der Waals surface area contributed by atoms with Crippen LogP contribution in [0.4, 0.5) is 0 Å². The Bertz CT molecular complexity index is 1620. The SMILES string of the molecule is Cc1c(-c2cccc(-c3ccccc3)c2)nc(-n2c3ccccc3c3ccccc32)c(C)c1C. The molecule has 0 saturated heterocycles. The molecule has 0 aliphatic carbocycles. The van der Waals surface area contributed by atoms with Crippen LogP contribution < -0.4 is 0 Å². The molecule has 0 aliphatic rings. The number of para-hydroxylation sites is 2. The van der Waals surface area contributed by atoms with E-state index in [1.165, 1.54) is 49.6 Å². The van der Waals surface area contributed by atoms with Gasteiger partial charge in [0.1, 0.15) is 5.82 Å². The Morgan fingerprint density at radius 3 is 1.74 bits per heavy atom. The van der Waals surface area contributed by atoms with E-state index in [1.807, 2.05) is 0 Å². The molecular weight excluding hydrogens is 412 g/mol. The van der Waals surface area contributed by atoms with Crippen LogP contribution in [0.1, 0.15) is 16.7 Å². The van der Waals surface area contributed by atoms with Crippen LogP contribution in [0.5, 0.6) is 0 Å². The maximum Gasteiger partial charge on any atom is 0.141 e. The van der Waals surface area contributed by atoms with Crippen molar-refractivity contribution in [1.82, 2.24) is 9.55 Å². The zero-order valence-corrected chi connectivity index (χ0v) is 19.7. The van der Waals surface area contributed by atoms with Crippen LogP contribution in [0.2, 0.25) is 0 Å². The first-order valence-electron chi connectivity index (χ1n) is 11.8. The Morgan fingerprint density at radius 2 is 1.06 bits per heavy atom. The fraction of sp³-hybridized carbons (Fsp3) is 0.0938. The average Bonchev–Trinajstić information content (AvgIpc) is 3.23. The quantitative estimate of drug-likeness (QED) is 0.271. The first-order valence-corrected chi connectivity index (χ1v) is 11.8. The van der Waals surface area contributed by atoms with Crippen LogP contribution in [-0.2, 0) is 0 Å². The van der Waals surface area contributed by atoms with Gasteiger partial charge in [0.25, 0.3) is 0 Å². The van der Waals surface area contributed by atoms with Gasteiger partial charge in [0.05, 0.1) is 16.7 Å². The van der Waals surface area contributed by atoms with Gasteiger partial charge < -0.3 is 0 Å². The standard InChI is InChI=1S/C32H26N2/c1-21-22(2)31(26-15-11-14-25(20-26)24-12-5-4-6-13-24)33-32(23(21)3)34-29-18-9-7-16-27(29)28-17-8-10-19-30(28)34/h4-20H,1-3H3. The largest absolute Gasteiger partial charge is 0.294 e. The summed E-state index contributed by atoms with van der Waals surface area (Å²) in [4.78, 5) is 5.34. The highest BCUT2D eigenvalue weighted by molar-refractivity contribution is 6.09. The van der Waals surface area contributed by atoms with Crippen molar-refractivity contribution in [2.45, 2.75) is 20.8 Å². The summed E-state index contributed by atoms with van der Waals surface area (Å²) >= 11 is 0. The number of benzene rings is 4. The van der Waals surface area contributed by atoms with Gasteiger partial charge in [0, 0.05) is 16.3 Å². The molecule has 164 valence electrons. The molecule has 4 aromatic carbocycles. The third kappa shape index (κ3) is 3.14. The van der Waals surface area contributed by atoms with Crippen LogP contribution in [0.15, 0.2) is 103 Å². The highest BCUT2D eigenvalue weighted by Crippen LogP contribution is 2.36. The molecule has 2 nitrogen and oxygen atoms in total. The Labute approximate surface area is 200 Å². The minimum Gasteiger partial charge on any atom is -0.294 e. The second-order valence-corrected chi connectivity index (χ2v) is 8.98. The van der Waals surface area contributed by atoms with E-state index >= 15 is 0 Å². The Balaban J connectivity index is 1.63. The van der Waals surface area contributed by atoms with Gasteiger partial charge in [-0.1, -0.05) is 84.9 Å². The summed E-state index contributed by atoms with van der Waals surface area (Å²) in [5.41, 5.74) is 10.7. The molecule has 2 heteroatoms. The number of nitrogens with zero attached hydrogens (tertiary/aromatic N) is 2. The van der Waals surface area contributed by atoms with Crippen LogP contribution in [0.3, 0.4) is 0 Å². The molecule has 0 unspecified atom stereocenters. The van der Waals surface area contributed by atoms with Crippen molar-refractivity contribution in [2.75, 3.05) is 0 Å². The molecule has 0 atom stereocenters. The summed E-state index contributed by atoms with van der Waals surface area (Å²) in [6.07, 6.45) is 0. The topological polar surface area (TPSA) is 17.8 Å². The summed E-state index contributed by atoms with van der Waals surface area (Å²) in [5, 5.41) is 2.51. The number of rotatable bonds is 3. The lowest BCUT2D eigenvalue weighted by Crippen LogP contribution is -2.06. The van der Waals surface area contributed by atoms with Crippen LogP contribution in [0, 0.1) is 20.8 Å². The number of fused-ring (bicyclic) bond motifs is 3. The number of aromatic nitrogens is 2. The van der Waals surface area contributed by atoms with Crippen molar-refractivity contribution in [2.24, 2.45) is 0 Å². The molecule has 6 aromatic rings. The summed E-state index contributed by atoms with van der Waals surface area (Å²) in [6.45, 7) is 6.60. The van der Waals surface area contributed by atoms with E-state index in [9.17, 15) is 0 Å². The minimum absolute atomic E-state index is 1.00. The van der Waals surface area contributed by atoms with Gasteiger partial charge >= 0.3 is 0 Å². The zero-order chi connectivity index (χ0) is 23.2. The number of hydrogen-bond acceptors (Lipinski definition) is 1. The molecule has 0 saturated carbocycles. The van der Waals surface area contributed by atoms with Gasteiger partial charge in [-0.25, -0.2) is 4.98 Å². The molecule has 0 N–H and O–H groups in total. The first kappa shape index (κ1) is 20.4. The highest BCUT2D eigenvalue weighted by Gasteiger charge is 2.19. The molecule has 0 radical (unpaired) electrons. The molecule has 0 spiro atoms. The van der Waals surface area contributed by atoms with Gasteiger partial charge in [-0.15, -0.1) is 0 Å². The predicted molar refractivity (Wildman–Crippen MR) is 144 cm³/mol. The Hall–Kier alpha value is -4.17. The maximum atomic E-state index is 5.34. The highest BCUT2D eigenvalue weighted by atomic mass is 15.1. The second-order valence-electron chi connectivity index (χ2n) is 8.98. The van der Waals surface area contributed by atoms with Gasteiger partial charge in [0.15, 0.2) is 0 Å². The fourth-order valence-corrected chi connectivity index (χ4v) is 5.03. The molecule has 0 aliphatic heterocycles. The molecule has 2 aromatic heterocycles. The average molecular weight is 439 g/mol. The molecule has 34 heavy (non-hydrogen) atoms. The van der Waals surface area contributed by atoms with E-state index in [1.54, 1.807) is 0 Å². The Morgan fingerprint density at radius 1 is 0.500 bits per heavy atom. The van der Waals surface area contributed by atoms with E-state index in [0.717, 1.165) is 17.1 Å². The second kappa shape index (κ2) is 8.00. The van der Waals surface area contributed by atoms with E-state index in [4.69, 9.17) is 4.98 Å². The van der Waals surface area contributed by atoms with Gasteiger partial charge in [0.2, 0.25) is 0 Å². The first-order chi connectivity index (χ1) is 16.6. The normalized spacial score (nSPS) is 11.4. The fourth-order valence-electron chi connectivity index (χ4n) is 5.03.